The molecule has 0 radical (unpaired) electrons. The van der Waals surface area contributed by atoms with E-state index in [1.54, 1.807) is 0 Å². The topological polar surface area (TPSA) is 84.2 Å². The fourth-order valence-corrected chi connectivity index (χ4v) is 1.88. The molecule has 0 saturated carbocycles. The van der Waals surface area contributed by atoms with Crippen molar-refractivity contribution >= 4 is 17.6 Å². The number of hydrogen-bond donors (Lipinski definition) is 2. The van der Waals surface area contributed by atoms with Gasteiger partial charge in [-0.05, 0) is 0 Å². The van der Waals surface area contributed by atoms with Crippen LogP contribution in [-0.4, -0.2) is 26.8 Å². The minimum Gasteiger partial charge on any atom is -0.478 e. The first-order chi connectivity index (χ1) is 11.9. The van der Waals surface area contributed by atoms with E-state index in [2.05, 4.69) is 5.10 Å². The zero-order chi connectivity index (χ0) is 19.8. The van der Waals surface area contributed by atoms with Crippen LogP contribution in [0.1, 0.15) is 15.9 Å². The number of halogens is 7. The first kappa shape index (κ1) is 19.2. The van der Waals surface area contributed by atoms with Gasteiger partial charge in [0.05, 0.1) is 11.8 Å². The van der Waals surface area contributed by atoms with Crippen LogP contribution in [0, 0.1) is 23.3 Å². The Kier molecular flexibility index (Phi) is 4.91. The van der Waals surface area contributed by atoms with Crippen LogP contribution in [0.4, 0.5) is 36.4 Å². The largest absolute Gasteiger partial charge is 0.478 e. The number of aromatic carboxylic acids is 1. The zero-order valence-corrected chi connectivity index (χ0v) is 12.2. The molecular formula is C13H6F7N3O3. The van der Waals surface area contributed by atoms with E-state index in [9.17, 15) is 40.3 Å². The number of carbonyl (C=O) groups is 2. The number of benzene rings is 1. The molecule has 0 atom stereocenters. The molecule has 6 nitrogen and oxygen atoms in total. The summed E-state index contributed by atoms with van der Waals surface area (Å²) < 4.78 is 92.2. The first-order valence-corrected chi connectivity index (χ1v) is 6.42. The number of rotatable bonds is 4. The van der Waals surface area contributed by atoms with Gasteiger partial charge in [-0.25, -0.2) is 22.4 Å². The Morgan fingerprint density at radius 3 is 2.04 bits per heavy atom. The molecule has 2 aromatic rings. The van der Waals surface area contributed by atoms with Gasteiger partial charge < -0.3 is 10.4 Å². The zero-order valence-electron chi connectivity index (χ0n) is 12.2. The molecule has 0 aliphatic carbocycles. The summed E-state index contributed by atoms with van der Waals surface area (Å²) in [5.74, 6) is -13.1. The Morgan fingerprint density at radius 2 is 1.62 bits per heavy atom. The summed E-state index contributed by atoms with van der Waals surface area (Å²) in [6, 6.07) is 0. The summed E-state index contributed by atoms with van der Waals surface area (Å²) in [4.78, 5) is 22.3. The lowest BCUT2D eigenvalue weighted by atomic mass is 10.1. The maximum Gasteiger partial charge on any atom is 0.422 e. The maximum atomic E-state index is 13.6. The Labute approximate surface area is 138 Å². The van der Waals surface area contributed by atoms with Gasteiger partial charge >= 0.3 is 12.1 Å². The van der Waals surface area contributed by atoms with E-state index >= 15 is 0 Å². The van der Waals surface area contributed by atoms with E-state index in [-0.39, 0.29) is 5.56 Å². The monoisotopic (exact) mass is 385 g/mol. The molecule has 13 heteroatoms. The smallest absolute Gasteiger partial charge is 0.422 e. The second-order valence-electron chi connectivity index (χ2n) is 4.78. The molecule has 2 rings (SSSR count). The van der Waals surface area contributed by atoms with Crippen molar-refractivity contribution < 1.29 is 45.4 Å². The molecule has 0 fully saturated rings. The highest BCUT2D eigenvalue weighted by atomic mass is 19.4. The van der Waals surface area contributed by atoms with E-state index < -0.39 is 59.1 Å². The van der Waals surface area contributed by atoms with Crippen LogP contribution in [0.15, 0.2) is 12.4 Å². The highest BCUT2D eigenvalue weighted by molar-refractivity contribution is 5.91. The quantitative estimate of drug-likeness (QED) is 0.626. The van der Waals surface area contributed by atoms with Gasteiger partial charge in [-0.2, -0.15) is 18.3 Å². The summed E-state index contributed by atoms with van der Waals surface area (Å²) in [6.45, 7) is -0.837. The van der Waals surface area contributed by atoms with Crippen molar-refractivity contribution in [3.05, 3.63) is 46.8 Å². The van der Waals surface area contributed by atoms with Gasteiger partial charge in [0.15, 0.2) is 23.3 Å². The Bertz CT molecular complexity index is 863. The number of nitrogens with one attached hydrogen (secondary N) is 1. The van der Waals surface area contributed by atoms with Crippen molar-refractivity contribution in [1.82, 2.24) is 9.78 Å². The predicted molar refractivity (Wildman–Crippen MR) is 69.1 cm³/mol. The van der Waals surface area contributed by atoms with Crippen LogP contribution in [0.5, 0.6) is 0 Å². The Hall–Kier alpha value is -3.12. The normalized spacial score (nSPS) is 11.5. The third-order valence-corrected chi connectivity index (χ3v) is 3.00. The van der Waals surface area contributed by atoms with Crippen LogP contribution in [0.3, 0.4) is 0 Å². The van der Waals surface area contributed by atoms with Crippen molar-refractivity contribution in [2.24, 2.45) is 0 Å². The molecule has 0 bridgehead atoms. The minimum absolute atomic E-state index is 0.332. The molecular weight excluding hydrogens is 379 g/mol. The summed E-state index contributed by atoms with van der Waals surface area (Å²) in [7, 11) is 0. The van der Waals surface area contributed by atoms with Gasteiger partial charge in [-0.15, -0.1) is 0 Å². The molecule has 1 aromatic carbocycles. The number of alkyl halides is 3. The van der Waals surface area contributed by atoms with Crippen LogP contribution >= 0.6 is 0 Å². The van der Waals surface area contributed by atoms with Gasteiger partial charge in [-0.1, -0.05) is 0 Å². The van der Waals surface area contributed by atoms with Crippen molar-refractivity contribution in [3.8, 4) is 0 Å². The molecule has 0 spiro atoms. The number of nitrogens with zero attached hydrogens (tertiary/aromatic N) is 2. The molecule has 1 heterocycles. The third kappa shape index (κ3) is 3.60. The molecule has 0 saturated heterocycles. The van der Waals surface area contributed by atoms with Gasteiger partial charge in [0.25, 0.3) is 0 Å². The Morgan fingerprint density at radius 1 is 1.08 bits per heavy atom. The van der Waals surface area contributed by atoms with Gasteiger partial charge in [0, 0.05) is 6.20 Å². The maximum absolute atomic E-state index is 13.6. The highest BCUT2D eigenvalue weighted by Crippen LogP contribution is 2.38. The van der Waals surface area contributed by atoms with Crippen LogP contribution < -0.4 is 5.32 Å². The molecule has 140 valence electrons. The lowest BCUT2D eigenvalue weighted by Crippen LogP contribution is -2.23. The van der Waals surface area contributed by atoms with Gasteiger partial charge in [0.2, 0.25) is 5.91 Å². The van der Waals surface area contributed by atoms with E-state index in [1.807, 2.05) is 0 Å². The molecule has 0 aliphatic heterocycles. The molecule has 0 aliphatic rings. The molecule has 26 heavy (non-hydrogen) atoms. The van der Waals surface area contributed by atoms with Crippen molar-refractivity contribution in [2.75, 3.05) is 5.32 Å². The second-order valence-corrected chi connectivity index (χ2v) is 4.78. The fraction of sp³-hybridized carbons (Fsp3) is 0.154. The van der Waals surface area contributed by atoms with E-state index in [0.717, 1.165) is 12.4 Å². The van der Waals surface area contributed by atoms with Gasteiger partial charge in [-0.3, -0.25) is 9.48 Å². The summed E-state index contributed by atoms with van der Waals surface area (Å²) in [5.41, 5.74) is -4.87. The summed E-state index contributed by atoms with van der Waals surface area (Å²) in [6.07, 6.45) is -4.00. The van der Waals surface area contributed by atoms with Crippen molar-refractivity contribution in [2.45, 2.75) is 12.7 Å². The van der Waals surface area contributed by atoms with Crippen molar-refractivity contribution in [1.29, 1.82) is 0 Å². The lowest BCUT2D eigenvalue weighted by Gasteiger charge is -2.14. The highest BCUT2D eigenvalue weighted by Gasteiger charge is 2.42. The lowest BCUT2D eigenvalue weighted by molar-refractivity contribution is -0.143. The Balaban J connectivity index is 2.31. The number of anilines is 1. The molecule has 0 unspecified atom stereocenters. The van der Waals surface area contributed by atoms with Gasteiger partial charge in [0.1, 0.15) is 17.8 Å². The molecule has 2 N–H and O–H groups in total. The average molecular weight is 385 g/mol. The number of carbonyl (C=O) groups excluding carboxylic acids is 1. The number of carboxylic acids is 1. The third-order valence-electron chi connectivity index (χ3n) is 3.00. The fourth-order valence-electron chi connectivity index (χ4n) is 1.88. The minimum atomic E-state index is -5.71. The van der Waals surface area contributed by atoms with Crippen molar-refractivity contribution in [3.63, 3.8) is 0 Å². The van der Waals surface area contributed by atoms with E-state index in [1.165, 1.54) is 5.32 Å². The second kappa shape index (κ2) is 6.65. The average Bonchev–Trinajstić information content (AvgIpc) is 2.97. The number of hydrogen-bond acceptors (Lipinski definition) is 3. The number of amides is 1. The van der Waals surface area contributed by atoms with E-state index in [0.29, 0.717) is 4.68 Å². The standard InChI is InChI=1S/C13H6F7N3O3/c14-7-6(13(18,19)20)8(15)10(17)11(9(7)16)22-5(24)3-23-2-4(1-21-23)12(25)26/h1-2H,3H2,(H,22,24)(H,25,26). The molecule has 1 aromatic heterocycles. The number of carboxylic acid groups (broad SMARTS) is 1. The van der Waals surface area contributed by atoms with E-state index in [4.69, 9.17) is 5.11 Å². The SMILES string of the molecule is O=C(Cn1cc(C(=O)O)cn1)Nc1c(F)c(F)c(C(F)(F)F)c(F)c1F. The number of aromatic nitrogens is 2. The van der Waals surface area contributed by atoms with Crippen LogP contribution in [0.2, 0.25) is 0 Å². The molecule has 1 amide bonds. The van der Waals surface area contributed by atoms with Crippen LogP contribution in [0.25, 0.3) is 0 Å². The van der Waals surface area contributed by atoms with Crippen LogP contribution in [-0.2, 0) is 17.5 Å². The summed E-state index contributed by atoms with van der Waals surface area (Å²) in [5, 5.41) is 13.5. The summed E-state index contributed by atoms with van der Waals surface area (Å²) >= 11 is 0. The predicted octanol–water partition coefficient (Wildman–Crippen LogP) is 2.80. The first-order valence-electron chi connectivity index (χ1n) is 6.42.